The van der Waals surface area contributed by atoms with Crippen LogP contribution in [0.25, 0.3) is 21.3 Å². The van der Waals surface area contributed by atoms with Gasteiger partial charge in [-0.25, -0.2) is 0 Å². The van der Waals surface area contributed by atoms with E-state index in [-0.39, 0.29) is 16.5 Å². The Morgan fingerprint density at radius 2 is 0.971 bits per heavy atom. The predicted molar refractivity (Wildman–Crippen MR) is 124 cm³/mol. The first kappa shape index (κ1) is 32.5. The van der Waals surface area contributed by atoms with Gasteiger partial charge in [-0.1, -0.05) is 104 Å². The van der Waals surface area contributed by atoms with Gasteiger partial charge in [0.15, 0.2) is 0 Å². The molecular weight excluding hydrogens is 502 g/mol. The molecule has 0 amide bonds. The monoisotopic (exact) mass is 546 g/mol. The molecule has 34 heavy (non-hydrogen) atoms. The molecular formula is C24H45ClN4NiO4-2. The molecule has 0 aromatic rings. The van der Waals surface area contributed by atoms with Crippen molar-refractivity contribution in [3.8, 4) is 0 Å². The molecule has 6 atom stereocenters. The van der Waals surface area contributed by atoms with Crippen LogP contribution in [0.15, 0.2) is 0 Å². The minimum atomic E-state index is -4.69. The van der Waals surface area contributed by atoms with Gasteiger partial charge in [-0.15, -0.1) is 49.3 Å². The molecule has 6 unspecified atom stereocenters. The molecule has 4 fully saturated rings. The van der Waals surface area contributed by atoms with Gasteiger partial charge in [0.2, 0.25) is 0 Å². The van der Waals surface area contributed by atoms with Crippen LogP contribution in [0.1, 0.15) is 104 Å². The first-order chi connectivity index (χ1) is 15.7. The standard InChI is InChI=1S/2C12H22N2.ClHO4.Ni/c2*1-10-5-4-7-12(14-10)9-11-6-2-3-8-13-11;2-1(3,4)5;/h2*10-12H,2-9H2,1H3;(H,2,3,4,5);/q2*-2;;+2. The molecule has 10 heteroatoms. The van der Waals surface area contributed by atoms with Crippen LogP contribution in [0.3, 0.4) is 0 Å². The van der Waals surface area contributed by atoms with Crippen molar-refractivity contribution in [2.24, 2.45) is 0 Å². The Labute approximate surface area is 219 Å². The molecule has 1 N–H and O–H groups in total. The average Bonchev–Trinajstić information content (AvgIpc) is 2.75. The zero-order chi connectivity index (χ0) is 24.1. The van der Waals surface area contributed by atoms with Gasteiger partial charge in [-0.3, -0.25) is 0 Å². The van der Waals surface area contributed by atoms with Crippen LogP contribution in [-0.4, -0.2) is 54.0 Å². The minimum absolute atomic E-state index is 0. The maximum atomic E-state index is 8.60. The summed E-state index contributed by atoms with van der Waals surface area (Å²) in [5.74, 6) is 0. The molecule has 4 heterocycles. The van der Waals surface area contributed by atoms with Crippen molar-refractivity contribution in [2.45, 2.75) is 140 Å². The van der Waals surface area contributed by atoms with Crippen molar-refractivity contribution in [1.82, 2.24) is 0 Å². The van der Waals surface area contributed by atoms with Gasteiger partial charge in [0.05, 0.1) is 14.9 Å². The van der Waals surface area contributed by atoms with E-state index in [0.717, 1.165) is 13.1 Å². The molecule has 8 nitrogen and oxygen atoms in total. The molecule has 0 spiro atoms. The predicted octanol–water partition coefficient (Wildman–Crippen LogP) is 3.11. The Balaban J connectivity index is 0.000000278. The molecule has 0 bridgehead atoms. The third-order valence-corrected chi connectivity index (χ3v) is 7.00. The number of piperidine rings is 4. The number of halogens is 1. The summed E-state index contributed by atoms with van der Waals surface area (Å²) >= 11 is 0. The van der Waals surface area contributed by atoms with E-state index in [4.69, 9.17) is 29.3 Å². The molecule has 204 valence electrons. The van der Waals surface area contributed by atoms with Crippen LogP contribution in [0, 0.1) is 10.2 Å². The van der Waals surface area contributed by atoms with Gasteiger partial charge in [0.25, 0.3) is 0 Å². The Morgan fingerprint density at radius 3 is 1.26 bits per heavy atom. The zero-order valence-electron chi connectivity index (χ0n) is 20.9. The number of hydrogen-bond donors (Lipinski definition) is 1. The molecule has 0 saturated carbocycles. The third kappa shape index (κ3) is 16.3. The Hall–Kier alpha value is 0.464. The summed E-state index contributed by atoms with van der Waals surface area (Å²) in [5.41, 5.74) is 0. The summed E-state index contributed by atoms with van der Waals surface area (Å²) in [7, 11) is -4.69. The van der Waals surface area contributed by atoms with Crippen molar-refractivity contribution in [1.29, 1.82) is 0 Å². The molecule has 0 radical (unpaired) electrons. The fraction of sp³-hybridized carbons (Fsp3) is 1.00. The van der Waals surface area contributed by atoms with Gasteiger partial charge in [-0.2, -0.15) is 14.0 Å². The normalized spacial score (nSPS) is 34.4. The van der Waals surface area contributed by atoms with Crippen molar-refractivity contribution in [3.63, 3.8) is 0 Å². The van der Waals surface area contributed by atoms with E-state index >= 15 is 0 Å². The smallest absolute Gasteiger partial charge is 0.660 e. The van der Waals surface area contributed by atoms with E-state index in [0.29, 0.717) is 36.3 Å². The maximum Gasteiger partial charge on any atom is 2.00 e. The average molecular weight is 548 g/mol. The zero-order valence-corrected chi connectivity index (χ0v) is 22.7. The first-order valence-electron chi connectivity index (χ1n) is 13.1. The topological polar surface area (TPSA) is 146 Å². The fourth-order valence-corrected chi connectivity index (χ4v) is 5.40. The van der Waals surface area contributed by atoms with E-state index in [1.807, 2.05) is 0 Å². The summed E-state index contributed by atoms with van der Waals surface area (Å²) in [6.45, 7) is 6.72. The SMILES string of the molecule is CC1CCCC(CC2CCCC[N-]2)[N-]1.CC1CCCC(CC2CCCC[N-]2)[N-]1.[Ni+2].[O-][Cl+3]([O-])([O-])O. The Kier molecular flexibility index (Phi) is 17.0. The second-order valence-corrected chi connectivity index (χ2v) is 10.9. The number of hydrogen-bond acceptors (Lipinski definition) is 4. The second kappa shape index (κ2) is 17.8. The van der Waals surface area contributed by atoms with Crippen LogP contribution < -0.4 is 14.0 Å². The molecule has 4 aliphatic heterocycles. The van der Waals surface area contributed by atoms with Gasteiger partial charge in [0, 0.05) is 0 Å². The molecule has 4 rings (SSSR count). The van der Waals surface area contributed by atoms with E-state index in [2.05, 4.69) is 24.5 Å². The second-order valence-electron chi connectivity index (χ2n) is 10.1. The summed E-state index contributed by atoms with van der Waals surface area (Å²) in [5, 5.41) is 19.0. The van der Waals surface area contributed by atoms with Crippen LogP contribution in [0.2, 0.25) is 0 Å². The molecule has 0 aromatic heterocycles. The summed E-state index contributed by atoms with van der Waals surface area (Å²) in [4.78, 5) is 0. The van der Waals surface area contributed by atoms with Crippen molar-refractivity contribution >= 4 is 0 Å². The molecule has 0 aliphatic carbocycles. The van der Waals surface area contributed by atoms with Crippen molar-refractivity contribution in [2.75, 3.05) is 13.1 Å². The number of rotatable bonds is 4. The summed E-state index contributed by atoms with van der Waals surface area (Å²) < 4.78 is 32.7. The molecule has 4 aliphatic rings. The van der Waals surface area contributed by atoms with Crippen LogP contribution >= 0.6 is 0 Å². The van der Waals surface area contributed by atoms with Crippen LogP contribution in [0.4, 0.5) is 0 Å². The number of nitrogens with zero attached hydrogens (tertiary/aromatic N) is 4. The quantitative estimate of drug-likeness (QED) is 0.539. The van der Waals surface area contributed by atoms with E-state index in [1.54, 1.807) is 0 Å². The third-order valence-electron chi connectivity index (χ3n) is 7.00. The molecule has 0 aromatic carbocycles. The van der Waals surface area contributed by atoms with E-state index in [1.165, 1.54) is 89.9 Å². The van der Waals surface area contributed by atoms with Crippen molar-refractivity contribution in [3.05, 3.63) is 21.3 Å². The molecule has 4 saturated heterocycles. The first-order valence-corrected chi connectivity index (χ1v) is 14.3. The van der Waals surface area contributed by atoms with Crippen LogP contribution in [-0.2, 0) is 16.5 Å². The Bertz CT molecular complexity index is 462. The summed E-state index contributed by atoms with van der Waals surface area (Å²) in [6.07, 6.45) is 18.5. The largest absolute Gasteiger partial charge is 2.00 e. The van der Waals surface area contributed by atoms with E-state index < -0.39 is 10.2 Å². The van der Waals surface area contributed by atoms with E-state index in [9.17, 15) is 0 Å². The summed E-state index contributed by atoms with van der Waals surface area (Å²) in [6, 6.07) is 3.76. The Morgan fingerprint density at radius 1 is 0.618 bits per heavy atom. The van der Waals surface area contributed by atoms with Gasteiger partial charge >= 0.3 is 16.5 Å². The van der Waals surface area contributed by atoms with Crippen LogP contribution in [0.5, 0.6) is 0 Å². The van der Waals surface area contributed by atoms with Gasteiger partial charge in [-0.05, 0) is 0 Å². The van der Waals surface area contributed by atoms with Gasteiger partial charge in [0.1, 0.15) is 0 Å². The van der Waals surface area contributed by atoms with Gasteiger partial charge < -0.3 is 21.3 Å². The fourth-order valence-electron chi connectivity index (χ4n) is 5.40. The minimum Gasteiger partial charge on any atom is -0.660 e. The maximum absolute atomic E-state index is 8.60. The van der Waals surface area contributed by atoms with Crippen molar-refractivity contribution < 1.29 is 45.4 Å².